The molecule has 0 spiro atoms. The smallest absolute Gasteiger partial charge is 0.280 e. The third-order valence-electron chi connectivity index (χ3n) is 4.18. The van der Waals surface area contributed by atoms with Crippen molar-refractivity contribution in [3.63, 3.8) is 0 Å². The Labute approximate surface area is 159 Å². The summed E-state index contributed by atoms with van der Waals surface area (Å²) < 4.78 is 20.6. The molecule has 0 aliphatic rings. The van der Waals surface area contributed by atoms with Crippen LogP contribution in [0.25, 0.3) is 16.9 Å². The van der Waals surface area contributed by atoms with Crippen LogP contribution in [0.4, 0.5) is 4.39 Å². The van der Waals surface area contributed by atoms with Crippen LogP contribution >= 0.6 is 0 Å². The fraction of sp³-hybridized carbons (Fsp3) is 0.100. The Balaban J connectivity index is 1.51. The fourth-order valence-corrected chi connectivity index (χ4v) is 2.77. The van der Waals surface area contributed by atoms with Gasteiger partial charge in [0.05, 0.1) is 12.2 Å². The molecule has 7 nitrogen and oxygen atoms in total. The van der Waals surface area contributed by atoms with Crippen LogP contribution in [0.3, 0.4) is 0 Å². The highest BCUT2D eigenvalue weighted by atomic mass is 19.1. The Morgan fingerprint density at radius 3 is 2.86 bits per heavy atom. The number of pyridine rings is 1. The maximum absolute atomic E-state index is 13.7. The van der Waals surface area contributed by atoms with E-state index in [1.807, 2.05) is 0 Å². The monoisotopic (exact) mass is 377 g/mol. The Morgan fingerprint density at radius 1 is 1.14 bits per heavy atom. The van der Waals surface area contributed by atoms with Gasteiger partial charge in [0.15, 0.2) is 5.82 Å². The van der Waals surface area contributed by atoms with Gasteiger partial charge in [0, 0.05) is 36.6 Å². The first kappa shape index (κ1) is 17.6. The van der Waals surface area contributed by atoms with E-state index in [2.05, 4.69) is 20.1 Å². The number of hydrogen-bond acceptors (Lipinski definition) is 5. The third-order valence-corrected chi connectivity index (χ3v) is 4.18. The summed E-state index contributed by atoms with van der Waals surface area (Å²) in [6.07, 6.45) is 6.57. The van der Waals surface area contributed by atoms with E-state index in [9.17, 15) is 9.18 Å². The van der Waals surface area contributed by atoms with Crippen molar-refractivity contribution >= 4 is 0 Å². The van der Waals surface area contributed by atoms with Gasteiger partial charge < -0.3 is 4.74 Å². The number of hydrogen-bond donors (Lipinski definition) is 1. The number of aromatic amines is 1. The molecule has 0 aliphatic heterocycles. The number of halogens is 1. The van der Waals surface area contributed by atoms with Crippen LogP contribution in [0.5, 0.6) is 5.88 Å². The van der Waals surface area contributed by atoms with Crippen molar-refractivity contribution < 1.29 is 9.13 Å². The average Bonchev–Trinajstić information content (AvgIpc) is 3.12. The van der Waals surface area contributed by atoms with Crippen LogP contribution in [-0.4, -0.2) is 31.3 Å². The third kappa shape index (κ3) is 3.66. The molecule has 140 valence electrons. The number of nitrogens with one attached hydrogen (secondary N) is 1. The minimum absolute atomic E-state index is 0.248. The molecule has 0 amide bonds. The van der Waals surface area contributed by atoms with E-state index in [-0.39, 0.29) is 18.0 Å². The SMILES string of the molecule is O=c1c(-c2cccnc2)c[nH]n1-c1cc(OCCc2ccccc2F)ncn1. The minimum Gasteiger partial charge on any atom is -0.477 e. The molecule has 0 fully saturated rings. The van der Waals surface area contributed by atoms with Gasteiger partial charge in [0.1, 0.15) is 12.1 Å². The molecular formula is C20H16FN5O2. The van der Waals surface area contributed by atoms with Crippen molar-refractivity contribution in [3.05, 3.63) is 89.1 Å². The molecule has 0 aliphatic carbocycles. The Hall–Kier alpha value is -3.81. The number of nitrogens with zero attached hydrogens (tertiary/aromatic N) is 4. The quantitative estimate of drug-likeness (QED) is 0.558. The number of ether oxygens (including phenoxy) is 1. The lowest BCUT2D eigenvalue weighted by Crippen LogP contribution is -2.17. The van der Waals surface area contributed by atoms with Crippen LogP contribution in [-0.2, 0) is 6.42 Å². The zero-order valence-electron chi connectivity index (χ0n) is 14.7. The summed E-state index contributed by atoms with van der Waals surface area (Å²) in [5.74, 6) is 0.372. The average molecular weight is 377 g/mol. The normalized spacial score (nSPS) is 10.8. The molecule has 0 bridgehead atoms. The first-order valence-corrected chi connectivity index (χ1v) is 8.62. The van der Waals surface area contributed by atoms with E-state index in [4.69, 9.17) is 4.74 Å². The van der Waals surface area contributed by atoms with Gasteiger partial charge in [0.25, 0.3) is 5.56 Å². The predicted octanol–water partition coefficient (Wildman–Crippen LogP) is 2.78. The van der Waals surface area contributed by atoms with Crippen molar-refractivity contribution in [2.24, 2.45) is 0 Å². The van der Waals surface area contributed by atoms with E-state index in [0.717, 1.165) is 0 Å². The highest BCUT2D eigenvalue weighted by Gasteiger charge is 2.12. The summed E-state index contributed by atoms with van der Waals surface area (Å²) in [7, 11) is 0. The van der Waals surface area contributed by atoms with E-state index in [0.29, 0.717) is 34.8 Å². The lowest BCUT2D eigenvalue weighted by atomic mass is 10.1. The van der Waals surface area contributed by atoms with Crippen LogP contribution in [0.15, 0.2) is 72.2 Å². The zero-order valence-corrected chi connectivity index (χ0v) is 14.7. The highest BCUT2D eigenvalue weighted by Crippen LogP contribution is 2.15. The summed E-state index contributed by atoms with van der Waals surface area (Å²) >= 11 is 0. The van der Waals surface area contributed by atoms with Crippen molar-refractivity contribution in [2.75, 3.05) is 6.61 Å². The molecule has 3 heterocycles. The van der Waals surface area contributed by atoms with Gasteiger partial charge >= 0.3 is 0 Å². The van der Waals surface area contributed by atoms with Gasteiger partial charge in [-0.05, 0) is 17.7 Å². The molecule has 0 unspecified atom stereocenters. The van der Waals surface area contributed by atoms with Crippen molar-refractivity contribution in [2.45, 2.75) is 6.42 Å². The molecule has 0 atom stereocenters. The van der Waals surface area contributed by atoms with Crippen LogP contribution in [0.1, 0.15) is 5.56 Å². The summed E-state index contributed by atoms with van der Waals surface area (Å²) in [6, 6.07) is 11.7. The Kier molecular flexibility index (Phi) is 4.92. The molecule has 28 heavy (non-hydrogen) atoms. The summed E-state index contributed by atoms with van der Waals surface area (Å²) in [6.45, 7) is 0.248. The molecule has 8 heteroatoms. The largest absolute Gasteiger partial charge is 0.477 e. The number of H-pyrrole nitrogens is 1. The maximum atomic E-state index is 13.7. The van der Waals surface area contributed by atoms with Gasteiger partial charge in [0.2, 0.25) is 5.88 Å². The second-order valence-corrected chi connectivity index (χ2v) is 5.97. The second-order valence-electron chi connectivity index (χ2n) is 5.97. The molecule has 3 aromatic heterocycles. The molecule has 0 radical (unpaired) electrons. The van der Waals surface area contributed by atoms with Gasteiger partial charge in [-0.1, -0.05) is 24.3 Å². The standard InChI is InChI=1S/C20H16FN5O2/c21-17-6-2-1-4-14(17)7-9-28-19-10-18(23-13-24-19)26-20(27)16(12-25-26)15-5-3-8-22-11-15/h1-6,8,10-13,25H,7,9H2. The van der Waals surface area contributed by atoms with Crippen LogP contribution in [0, 0.1) is 5.82 Å². The van der Waals surface area contributed by atoms with E-state index in [1.54, 1.807) is 55.0 Å². The topological polar surface area (TPSA) is 85.7 Å². The maximum Gasteiger partial charge on any atom is 0.280 e. The molecule has 4 rings (SSSR count). The van der Waals surface area contributed by atoms with Crippen molar-refractivity contribution in [3.8, 4) is 22.8 Å². The van der Waals surface area contributed by atoms with Gasteiger partial charge in [-0.3, -0.25) is 14.9 Å². The highest BCUT2D eigenvalue weighted by molar-refractivity contribution is 5.60. The predicted molar refractivity (Wildman–Crippen MR) is 101 cm³/mol. The van der Waals surface area contributed by atoms with E-state index < -0.39 is 0 Å². The summed E-state index contributed by atoms with van der Waals surface area (Å²) in [5.41, 5.74) is 1.49. The van der Waals surface area contributed by atoms with Crippen LogP contribution in [0.2, 0.25) is 0 Å². The number of rotatable bonds is 6. The molecule has 0 saturated carbocycles. The molecule has 0 saturated heterocycles. The van der Waals surface area contributed by atoms with Crippen LogP contribution < -0.4 is 10.3 Å². The number of aromatic nitrogens is 5. The molecular weight excluding hydrogens is 361 g/mol. The molecule has 1 aromatic carbocycles. The Bertz CT molecular complexity index is 1140. The molecule has 4 aromatic rings. The van der Waals surface area contributed by atoms with Gasteiger partial charge in [-0.2, -0.15) is 0 Å². The second kappa shape index (κ2) is 7.83. The van der Waals surface area contributed by atoms with E-state index >= 15 is 0 Å². The lowest BCUT2D eigenvalue weighted by molar-refractivity contribution is 0.307. The van der Waals surface area contributed by atoms with Crippen molar-refractivity contribution in [1.29, 1.82) is 0 Å². The summed E-state index contributed by atoms with van der Waals surface area (Å²) in [4.78, 5) is 24.9. The Morgan fingerprint density at radius 2 is 2.04 bits per heavy atom. The summed E-state index contributed by atoms with van der Waals surface area (Å²) in [5, 5.41) is 2.89. The first-order valence-electron chi connectivity index (χ1n) is 8.62. The first-order chi connectivity index (χ1) is 13.7. The molecule has 1 N–H and O–H groups in total. The number of benzene rings is 1. The van der Waals surface area contributed by atoms with Gasteiger partial charge in [-0.25, -0.2) is 19.0 Å². The van der Waals surface area contributed by atoms with E-state index in [1.165, 1.54) is 17.1 Å². The minimum atomic E-state index is -0.268. The van der Waals surface area contributed by atoms with Gasteiger partial charge in [-0.15, -0.1) is 0 Å². The van der Waals surface area contributed by atoms with Crippen molar-refractivity contribution in [1.82, 2.24) is 24.7 Å². The fourth-order valence-electron chi connectivity index (χ4n) is 2.77. The lowest BCUT2D eigenvalue weighted by Gasteiger charge is -2.07. The zero-order chi connectivity index (χ0) is 19.3.